The monoisotopic (exact) mass is 287 g/mol. The molecule has 0 aliphatic carbocycles. The predicted octanol–water partition coefficient (Wildman–Crippen LogP) is 1.06. The minimum absolute atomic E-state index is 0.0672. The van der Waals surface area contributed by atoms with E-state index in [1.807, 2.05) is 44.2 Å². The van der Waals surface area contributed by atoms with Crippen LogP contribution in [0.2, 0.25) is 0 Å². The number of hydrogen-bond acceptors (Lipinski definition) is 4. The highest BCUT2D eigenvalue weighted by atomic mass is 16.5. The number of nitrogens with zero attached hydrogens (tertiary/aromatic N) is 2. The number of rotatable bonds is 5. The molecule has 0 saturated carbocycles. The Hall–Kier alpha value is -2.63. The highest BCUT2D eigenvalue weighted by Crippen LogP contribution is 2.18. The first kappa shape index (κ1) is 14.8. The molecule has 110 valence electrons. The summed E-state index contributed by atoms with van der Waals surface area (Å²) < 4.78 is 6.57. The molecule has 6 heteroatoms. The maximum atomic E-state index is 11.7. The highest BCUT2D eigenvalue weighted by molar-refractivity contribution is 5.80. The van der Waals surface area contributed by atoms with Crippen LogP contribution >= 0.6 is 0 Å². The number of carbonyl (C=O) groups is 2. The molecule has 21 heavy (non-hydrogen) atoms. The molecular formula is C15H17N3O3. The molecule has 0 atom stereocenters. The van der Waals surface area contributed by atoms with Crippen LogP contribution in [0, 0.1) is 13.8 Å². The van der Waals surface area contributed by atoms with E-state index in [4.69, 9.17) is 10.5 Å². The number of amides is 1. The van der Waals surface area contributed by atoms with Gasteiger partial charge >= 0.3 is 5.97 Å². The zero-order valence-corrected chi connectivity index (χ0v) is 12.0. The zero-order chi connectivity index (χ0) is 15.4. The molecule has 0 radical (unpaired) electrons. The number of benzene rings is 1. The second-order valence-corrected chi connectivity index (χ2v) is 4.70. The minimum atomic E-state index is -0.670. The van der Waals surface area contributed by atoms with Gasteiger partial charge in [0, 0.05) is 11.3 Å². The third kappa shape index (κ3) is 3.47. The Kier molecular flexibility index (Phi) is 4.37. The summed E-state index contributed by atoms with van der Waals surface area (Å²) in [5.41, 5.74) is 8.29. The van der Waals surface area contributed by atoms with Crippen molar-refractivity contribution in [1.82, 2.24) is 9.78 Å². The molecular weight excluding hydrogens is 270 g/mol. The largest absolute Gasteiger partial charge is 0.455 e. The van der Waals surface area contributed by atoms with Crippen molar-refractivity contribution < 1.29 is 14.3 Å². The van der Waals surface area contributed by atoms with E-state index in [1.54, 1.807) is 4.68 Å². The number of nitrogens with two attached hydrogens (primary N) is 1. The van der Waals surface area contributed by atoms with Gasteiger partial charge < -0.3 is 10.5 Å². The van der Waals surface area contributed by atoms with E-state index in [1.165, 1.54) is 0 Å². The number of para-hydroxylation sites is 1. The minimum Gasteiger partial charge on any atom is -0.455 e. The summed E-state index contributed by atoms with van der Waals surface area (Å²) in [6.45, 7) is 3.33. The van der Waals surface area contributed by atoms with Crippen molar-refractivity contribution in [3.63, 3.8) is 0 Å². The number of aryl methyl sites for hydroxylation is 1. The molecule has 1 amide bonds. The first-order valence-corrected chi connectivity index (χ1v) is 6.53. The Morgan fingerprint density at radius 3 is 2.52 bits per heavy atom. The van der Waals surface area contributed by atoms with E-state index in [0.717, 1.165) is 22.6 Å². The molecule has 6 nitrogen and oxygen atoms in total. The summed E-state index contributed by atoms with van der Waals surface area (Å²) in [5.74, 6) is -1.16. The van der Waals surface area contributed by atoms with Gasteiger partial charge in [0.05, 0.1) is 17.8 Å². The van der Waals surface area contributed by atoms with Gasteiger partial charge in [-0.15, -0.1) is 0 Å². The smallest absolute Gasteiger partial charge is 0.310 e. The van der Waals surface area contributed by atoms with Crippen molar-refractivity contribution in [2.24, 2.45) is 5.73 Å². The van der Waals surface area contributed by atoms with Crippen molar-refractivity contribution >= 4 is 11.9 Å². The molecule has 1 aromatic carbocycles. The quantitative estimate of drug-likeness (QED) is 0.833. The van der Waals surface area contributed by atoms with E-state index < -0.39 is 18.5 Å². The standard InChI is InChI=1S/C15H17N3O3/c1-10-13(8-15(20)21-9-14(16)19)11(2)18(17-10)12-6-4-3-5-7-12/h3-7H,8-9H2,1-2H3,(H2,16,19). The number of esters is 1. The Labute approximate surface area is 122 Å². The molecule has 0 spiro atoms. The van der Waals surface area contributed by atoms with Gasteiger partial charge in [0.2, 0.25) is 0 Å². The SMILES string of the molecule is Cc1nn(-c2ccccc2)c(C)c1CC(=O)OCC(N)=O. The molecule has 0 bridgehead atoms. The number of aromatic nitrogens is 2. The second kappa shape index (κ2) is 6.21. The Morgan fingerprint density at radius 1 is 1.24 bits per heavy atom. The van der Waals surface area contributed by atoms with E-state index in [0.29, 0.717) is 0 Å². The Bertz CT molecular complexity index is 662. The number of hydrogen-bond donors (Lipinski definition) is 1. The van der Waals surface area contributed by atoms with Gasteiger partial charge in [-0.25, -0.2) is 4.68 Å². The fourth-order valence-electron chi connectivity index (χ4n) is 2.10. The van der Waals surface area contributed by atoms with Crippen molar-refractivity contribution in [2.45, 2.75) is 20.3 Å². The molecule has 0 aliphatic rings. The molecule has 0 fully saturated rings. The number of carbonyl (C=O) groups excluding carboxylic acids is 2. The molecule has 2 N–H and O–H groups in total. The lowest BCUT2D eigenvalue weighted by Crippen LogP contribution is -2.21. The second-order valence-electron chi connectivity index (χ2n) is 4.70. The molecule has 0 saturated heterocycles. The normalized spacial score (nSPS) is 10.4. The van der Waals surface area contributed by atoms with Crippen LogP contribution in [0.15, 0.2) is 30.3 Å². The van der Waals surface area contributed by atoms with Crippen LogP contribution in [0.1, 0.15) is 17.0 Å². The summed E-state index contributed by atoms with van der Waals surface area (Å²) in [4.78, 5) is 22.3. The topological polar surface area (TPSA) is 87.2 Å². The van der Waals surface area contributed by atoms with Crippen LogP contribution in [0.3, 0.4) is 0 Å². The van der Waals surface area contributed by atoms with Crippen molar-refractivity contribution in [3.8, 4) is 5.69 Å². The Morgan fingerprint density at radius 2 is 1.90 bits per heavy atom. The van der Waals surface area contributed by atoms with E-state index in [-0.39, 0.29) is 6.42 Å². The molecule has 0 unspecified atom stereocenters. The lowest BCUT2D eigenvalue weighted by Gasteiger charge is -2.05. The average molecular weight is 287 g/mol. The lowest BCUT2D eigenvalue weighted by atomic mass is 10.1. The third-order valence-electron chi connectivity index (χ3n) is 3.14. The summed E-state index contributed by atoms with van der Waals surface area (Å²) in [6, 6.07) is 9.65. The molecule has 2 aromatic rings. The maximum Gasteiger partial charge on any atom is 0.310 e. The van der Waals surface area contributed by atoms with Gasteiger partial charge in [0.1, 0.15) is 0 Å². The van der Waals surface area contributed by atoms with Crippen molar-refractivity contribution in [2.75, 3.05) is 6.61 Å². The molecule has 0 aliphatic heterocycles. The van der Waals surface area contributed by atoms with Crippen LogP contribution in [0.25, 0.3) is 5.69 Å². The Balaban J connectivity index is 2.20. The number of primary amides is 1. The first-order valence-electron chi connectivity index (χ1n) is 6.53. The van der Waals surface area contributed by atoms with Crippen LogP contribution in [-0.2, 0) is 20.7 Å². The number of ether oxygens (including phenoxy) is 1. The molecule has 1 heterocycles. The van der Waals surface area contributed by atoms with Crippen LogP contribution in [0.5, 0.6) is 0 Å². The van der Waals surface area contributed by atoms with Crippen molar-refractivity contribution in [3.05, 3.63) is 47.3 Å². The summed E-state index contributed by atoms with van der Waals surface area (Å²) >= 11 is 0. The van der Waals surface area contributed by atoms with Crippen LogP contribution in [0.4, 0.5) is 0 Å². The van der Waals surface area contributed by atoms with Gasteiger partial charge in [0.15, 0.2) is 6.61 Å². The molecule has 1 aromatic heterocycles. The average Bonchev–Trinajstić information content (AvgIpc) is 2.74. The van der Waals surface area contributed by atoms with E-state index in [2.05, 4.69) is 5.10 Å². The van der Waals surface area contributed by atoms with Gasteiger partial charge in [0.25, 0.3) is 5.91 Å². The summed E-state index contributed by atoms with van der Waals surface area (Å²) in [5, 5.41) is 4.45. The lowest BCUT2D eigenvalue weighted by molar-refractivity contribution is -0.147. The zero-order valence-electron chi connectivity index (χ0n) is 12.0. The van der Waals surface area contributed by atoms with Gasteiger partial charge in [-0.2, -0.15) is 5.10 Å². The fraction of sp³-hybridized carbons (Fsp3) is 0.267. The van der Waals surface area contributed by atoms with Gasteiger partial charge in [-0.3, -0.25) is 9.59 Å². The predicted molar refractivity (Wildman–Crippen MR) is 76.9 cm³/mol. The third-order valence-corrected chi connectivity index (χ3v) is 3.14. The van der Waals surface area contributed by atoms with E-state index >= 15 is 0 Å². The fourth-order valence-corrected chi connectivity index (χ4v) is 2.10. The van der Waals surface area contributed by atoms with Crippen molar-refractivity contribution in [1.29, 1.82) is 0 Å². The van der Waals surface area contributed by atoms with Crippen LogP contribution in [-0.4, -0.2) is 28.3 Å². The van der Waals surface area contributed by atoms with E-state index in [9.17, 15) is 9.59 Å². The van der Waals surface area contributed by atoms with Gasteiger partial charge in [-0.05, 0) is 26.0 Å². The maximum absolute atomic E-state index is 11.7. The molecule has 2 rings (SSSR count). The van der Waals surface area contributed by atoms with Crippen LogP contribution < -0.4 is 5.73 Å². The van der Waals surface area contributed by atoms with Gasteiger partial charge in [-0.1, -0.05) is 18.2 Å². The summed E-state index contributed by atoms with van der Waals surface area (Å²) in [6.07, 6.45) is 0.0672. The first-order chi connectivity index (χ1) is 9.99. The highest BCUT2D eigenvalue weighted by Gasteiger charge is 2.17. The summed E-state index contributed by atoms with van der Waals surface area (Å²) in [7, 11) is 0.